The van der Waals surface area contributed by atoms with Crippen molar-refractivity contribution in [2.75, 3.05) is 4.90 Å². The van der Waals surface area contributed by atoms with Crippen LogP contribution in [0.2, 0.25) is 0 Å². The van der Waals surface area contributed by atoms with E-state index < -0.39 is 0 Å². The average Bonchev–Trinajstić information content (AvgIpc) is 4.00. The zero-order valence-corrected chi connectivity index (χ0v) is 33.0. The third kappa shape index (κ3) is 5.01. The van der Waals surface area contributed by atoms with E-state index in [1.54, 1.807) is 0 Å². The normalized spacial score (nSPS) is 12.0. The minimum absolute atomic E-state index is 0.900. The topological polar surface area (TPSA) is 29.5 Å². The molecule has 3 heterocycles. The summed E-state index contributed by atoms with van der Waals surface area (Å²) >= 11 is 1.85. The van der Waals surface area contributed by atoms with Crippen LogP contribution in [0.15, 0.2) is 209 Å². The van der Waals surface area contributed by atoms with Crippen LogP contribution < -0.4 is 4.90 Å². The van der Waals surface area contributed by atoms with E-state index in [1.165, 1.54) is 25.6 Å². The highest BCUT2D eigenvalue weighted by Gasteiger charge is 2.21. The van der Waals surface area contributed by atoms with E-state index in [0.717, 1.165) is 99.4 Å². The summed E-state index contributed by atoms with van der Waals surface area (Å²) in [6.45, 7) is 0. The second-order valence-corrected chi connectivity index (χ2v) is 16.7. The highest BCUT2D eigenvalue weighted by molar-refractivity contribution is 7.25. The lowest BCUT2D eigenvalue weighted by molar-refractivity contribution is 0.669. The SMILES string of the molecule is c1ccc2c(c1)oc1c(-c3ccc4ccc(N(c5ccc6c(c5)sc5ccccc56)c5cccc6c(-c7cccc8c7oc7ccccc78)cccc56)cc4c3)cccc12. The summed E-state index contributed by atoms with van der Waals surface area (Å²) in [5.74, 6) is 0. The summed E-state index contributed by atoms with van der Waals surface area (Å²) in [5, 5.41) is 11.8. The first-order chi connectivity index (χ1) is 29.7. The van der Waals surface area contributed by atoms with Gasteiger partial charge in [0.2, 0.25) is 0 Å². The summed E-state index contributed by atoms with van der Waals surface area (Å²) < 4.78 is 15.6. The Kier molecular flexibility index (Phi) is 7.18. The third-order valence-electron chi connectivity index (χ3n) is 12.3. The molecule has 0 bridgehead atoms. The molecule has 0 unspecified atom stereocenters. The fourth-order valence-corrected chi connectivity index (χ4v) is 10.6. The number of anilines is 3. The smallest absolute Gasteiger partial charge is 0.143 e. The molecule has 60 heavy (non-hydrogen) atoms. The highest BCUT2D eigenvalue weighted by Crippen LogP contribution is 2.46. The van der Waals surface area contributed by atoms with Crippen LogP contribution in [0.5, 0.6) is 0 Å². The standard InChI is InChI=1S/C56H33NO2S/c1-4-22-51-43(11-1)48-19-7-14-39(55(48)58-51)35-26-25-34-27-28-37(32-36(34)31-35)57(38-29-30-46-45-13-3-6-24-53(45)60-54(46)33-38)50-21-10-16-40-41(15-8-17-42(40)50)47-18-9-20-49-44-12-2-5-23-52(44)59-56(47)49/h1-33H. The Balaban J connectivity index is 1.02. The van der Waals surface area contributed by atoms with Crippen molar-refractivity contribution < 1.29 is 8.83 Å². The average molecular weight is 784 g/mol. The molecular formula is C56H33NO2S. The summed E-state index contributed by atoms with van der Waals surface area (Å²) in [7, 11) is 0. The van der Waals surface area contributed by atoms with Crippen molar-refractivity contribution in [1.82, 2.24) is 0 Å². The fraction of sp³-hybridized carbons (Fsp3) is 0. The van der Waals surface area contributed by atoms with Gasteiger partial charge in [0.15, 0.2) is 0 Å². The van der Waals surface area contributed by atoms with Gasteiger partial charge in [-0.3, -0.25) is 0 Å². The number of hydrogen-bond acceptors (Lipinski definition) is 4. The Bertz CT molecular complexity index is 3870. The highest BCUT2D eigenvalue weighted by atomic mass is 32.1. The molecule has 0 saturated carbocycles. The lowest BCUT2D eigenvalue weighted by Crippen LogP contribution is -2.10. The number of benzene rings is 10. The van der Waals surface area contributed by atoms with Crippen LogP contribution in [0, 0.1) is 0 Å². The van der Waals surface area contributed by atoms with Crippen LogP contribution >= 0.6 is 11.3 Å². The predicted molar refractivity (Wildman–Crippen MR) is 254 cm³/mol. The van der Waals surface area contributed by atoms with E-state index in [9.17, 15) is 0 Å². The van der Waals surface area contributed by atoms with Crippen molar-refractivity contribution in [3.8, 4) is 22.3 Å². The van der Waals surface area contributed by atoms with E-state index in [4.69, 9.17) is 8.83 Å². The van der Waals surface area contributed by atoms with E-state index in [2.05, 4.69) is 187 Å². The first-order valence-electron chi connectivity index (χ1n) is 20.3. The van der Waals surface area contributed by atoms with Crippen molar-refractivity contribution in [3.63, 3.8) is 0 Å². The van der Waals surface area contributed by atoms with Crippen LogP contribution in [-0.2, 0) is 0 Å². The van der Waals surface area contributed by atoms with Crippen LogP contribution in [-0.4, -0.2) is 0 Å². The van der Waals surface area contributed by atoms with Gasteiger partial charge in [0.25, 0.3) is 0 Å². The number of para-hydroxylation sites is 4. The van der Waals surface area contributed by atoms with Crippen molar-refractivity contribution in [2.24, 2.45) is 0 Å². The van der Waals surface area contributed by atoms with Gasteiger partial charge < -0.3 is 13.7 Å². The summed E-state index contributed by atoms with van der Waals surface area (Å²) in [4.78, 5) is 2.43. The van der Waals surface area contributed by atoms with Crippen molar-refractivity contribution in [1.29, 1.82) is 0 Å². The Morgan fingerprint density at radius 3 is 1.70 bits per heavy atom. The second-order valence-electron chi connectivity index (χ2n) is 15.6. The van der Waals surface area contributed by atoms with E-state index in [0.29, 0.717) is 0 Å². The van der Waals surface area contributed by atoms with Gasteiger partial charge in [0.05, 0.1) is 5.69 Å². The molecule has 3 aromatic heterocycles. The first kappa shape index (κ1) is 33.3. The van der Waals surface area contributed by atoms with E-state index in [1.807, 2.05) is 29.5 Å². The van der Waals surface area contributed by atoms with Crippen LogP contribution in [0.1, 0.15) is 0 Å². The molecule has 0 N–H and O–H groups in total. The van der Waals surface area contributed by atoms with Gasteiger partial charge in [-0.05, 0) is 81.9 Å². The van der Waals surface area contributed by atoms with Crippen molar-refractivity contribution in [3.05, 3.63) is 200 Å². The molecule has 0 aliphatic rings. The number of rotatable bonds is 5. The number of thiophene rings is 1. The molecule has 0 radical (unpaired) electrons. The quantitative estimate of drug-likeness (QED) is 0.174. The number of furan rings is 2. The maximum atomic E-state index is 6.58. The minimum Gasteiger partial charge on any atom is -0.455 e. The van der Waals surface area contributed by atoms with Gasteiger partial charge in [0, 0.05) is 69.6 Å². The van der Waals surface area contributed by atoms with Gasteiger partial charge in [-0.25, -0.2) is 0 Å². The molecule has 4 heteroatoms. The molecule has 10 aromatic carbocycles. The van der Waals surface area contributed by atoms with Crippen LogP contribution in [0.25, 0.3) is 108 Å². The summed E-state index contributed by atoms with van der Waals surface area (Å²) in [6.07, 6.45) is 0. The summed E-state index contributed by atoms with van der Waals surface area (Å²) in [6, 6.07) is 72.1. The molecule has 0 atom stereocenters. The molecule has 3 nitrogen and oxygen atoms in total. The molecule has 13 rings (SSSR count). The second kappa shape index (κ2) is 12.9. The van der Waals surface area contributed by atoms with E-state index in [-0.39, 0.29) is 0 Å². The fourth-order valence-electron chi connectivity index (χ4n) is 9.48. The van der Waals surface area contributed by atoms with Gasteiger partial charge in [-0.2, -0.15) is 0 Å². The Labute approximate surface area is 348 Å². The van der Waals surface area contributed by atoms with Gasteiger partial charge in [0.1, 0.15) is 22.3 Å². The van der Waals surface area contributed by atoms with Gasteiger partial charge in [-0.1, -0.05) is 146 Å². The van der Waals surface area contributed by atoms with Crippen molar-refractivity contribution in [2.45, 2.75) is 0 Å². The monoisotopic (exact) mass is 783 g/mol. The largest absolute Gasteiger partial charge is 0.455 e. The molecule has 0 amide bonds. The molecule has 0 spiro atoms. The summed E-state index contributed by atoms with van der Waals surface area (Å²) in [5.41, 5.74) is 11.4. The lowest BCUT2D eigenvalue weighted by Gasteiger charge is -2.27. The first-order valence-corrected chi connectivity index (χ1v) is 21.1. The molecule has 13 aromatic rings. The number of nitrogens with zero attached hydrogens (tertiary/aromatic N) is 1. The van der Waals surface area contributed by atoms with Crippen LogP contribution in [0.3, 0.4) is 0 Å². The van der Waals surface area contributed by atoms with Gasteiger partial charge in [-0.15, -0.1) is 11.3 Å². The predicted octanol–water partition coefficient (Wildman–Crippen LogP) is 17.0. The molecule has 0 fully saturated rings. The molecule has 280 valence electrons. The minimum atomic E-state index is 0.900. The number of fused-ring (bicyclic) bond motifs is 11. The van der Waals surface area contributed by atoms with Gasteiger partial charge >= 0.3 is 0 Å². The lowest BCUT2D eigenvalue weighted by atomic mass is 9.95. The Morgan fingerprint density at radius 1 is 0.333 bits per heavy atom. The zero-order chi connectivity index (χ0) is 39.3. The zero-order valence-electron chi connectivity index (χ0n) is 32.2. The molecule has 0 saturated heterocycles. The molecule has 0 aliphatic heterocycles. The van der Waals surface area contributed by atoms with Crippen LogP contribution in [0.4, 0.5) is 17.1 Å². The number of hydrogen-bond donors (Lipinski definition) is 0. The maximum Gasteiger partial charge on any atom is 0.143 e. The Morgan fingerprint density at radius 2 is 0.900 bits per heavy atom. The molecule has 0 aliphatic carbocycles. The van der Waals surface area contributed by atoms with E-state index >= 15 is 0 Å². The Hall–Kier alpha value is -7.66. The van der Waals surface area contributed by atoms with Crippen molar-refractivity contribution >= 4 is 114 Å². The maximum absolute atomic E-state index is 6.58. The molecular weight excluding hydrogens is 751 g/mol. The third-order valence-corrected chi connectivity index (χ3v) is 13.4.